The molecule has 4 rings (SSSR count). The van der Waals surface area contributed by atoms with Crippen LogP contribution in [0.4, 0.5) is 4.39 Å². The maximum absolute atomic E-state index is 13.7. The van der Waals surface area contributed by atoms with Gasteiger partial charge in [0.1, 0.15) is 5.82 Å². The number of esters is 1. The van der Waals surface area contributed by atoms with Crippen LogP contribution in [-0.4, -0.2) is 12.6 Å². The molecule has 6 heteroatoms. The van der Waals surface area contributed by atoms with Gasteiger partial charge in [-0.1, -0.05) is 41.4 Å². The Hall–Kier alpha value is -2.40. The molecule has 152 valence electrons. The lowest BCUT2D eigenvalue weighted by Gasteiger charge is -2.07. The summed E-state index contributed by atoms with van der Waals surface area (Å²) in [6.07, 6.45) is 0.551. The Bertz CT molecular complexity index is 1230. The third-order valence-electron chi connectivity index (χ3n) is 4.67. The summed E-state index contributed by atoms with van der Waals surface area (Å²) in [4.78, 5) is 13.2. The number of carbonyl (C=O) groups excluding carboxylic acids is 1. The largest absolute Gasteiger partial charge is 0.462 e. The number of rotatable bonds is 5. The van der Waals surface area contributed by atoms with Gasteiger partial charge in [0.2, 0.25) is 0 Å². The van der Waals surface area contributed by atoms with Gasteiger partial charge >= 0.3 is 5.97 Å². The molecule has 30 heavy (non-hydrogen) atoms. The first-order chi connectivity index (χ1) is 14.4. The zero-order valence-corrected chi connectivity index (χ0v) is 18.4. The molecule has 0 aliphatic carbocycles. The molecule has 0 radical (unpaired) electrons. The average molecular weight is 459 g/mol. The Kier molecular flexibility index (Phi) is 6.09. The fraction of sp³-hybridized carbons (Fsp3) is 0.125. The molecule has 0 unspecified atom stereocenters. The molecule has 0 aliphatic rings. The maximum atomic E-state index is 13.7. The number of halogens is 3. The van der Waals surface area contributed by atoms with Crippen LogP contribution >= 0.6 is 34.5 Å². The molecule has 0 amide bonds. The molecule has 0 atom stereocenters. The van der Waals surface area contributed by atoms with E-state index in [1.165, 1.54) is 12.1 Å². The average Bonchev–Trinajstić information content (AvgIpc) is 3.12. The predicted molar refractivity (Wildman–Crippen MR) is 122 cm³/mol. The van der Waals surface area contributed by atoms with Crippen molar-refractivity contribution in [1.29, 1.82) is 0 Å². The molecule has 0 fully saturated rings. The first-order valence-corrected chi connectivity index (χ1v) is 11.0. The van der Waals surface area contributed by atoms with Gasteiger partial charge < -0.3 is 4.74 Å². The molecule has 2 nitrogen and oxygen atoms in total. The first kappa shape index (κ1) is 20.9. The number of thiophene rings is 1. The minimum absolute atomic E-state index is 0.326. The van der Waals surface area contributed by atoms with Crippen molar-refractivity contribution in [2.45, 2.75) is 13.3 Å². The third kappa shape index (κ3) is 4.36. The standard InChI is InChI=1S/C24H17Cl2FO2S/c1-2-29-24(28)16-5-3-4-15(11-16)20-6-7-22(26)21-13-19(30-23(20)21)10-14-8-17(25)12-18(27)9-14/h3-9,11-13H,2,10H2,1H3. The van der Waals surface area contributed by atoms with Gasteiger partial charge in [0.25, 0.3) is 0 Å². The predicted octanol–water partition coefficient (Wildman–Crippen LogP) is 7.78. The zero-order valence-electron chi connectivity index (χ0n) is 16.0. The van der Waals surface area contributed by atoms with Gasteiger partial charge in [-0.15, -0.1) is 11.3 Å². The van der Waals surface area contributed by atoms with Gasteiger partial charge in [0, 0.05) is 31.4 Å². The van der Waals surface area contributed by atoms with Gasteiger partial charge in [0.15, 0.2) is 0 Å². The van der Waals surface area contributed by atoms with Crippen LogP contribution in [0.1, 0.15) is 27.7 Å². The highest BCUT2D eigenvalue weighted by molar-refractivity contribution is 7.19. The Balaban J connectivity index is 1.76. The lowest BCUT2D eigenvalue weighted by Crippen LogP contribution is -2.04. The summed E-state index contributed by atoms with van der Waals surface area (Å²) in [5.74, 6) is -0.701. The number of fused-ring (bicyclic) bond motifs is 1. The number of carbonyl (C=O) groups is 1. The quantitative estimate of drug-likeness (QED) is 0.285. The fourth-order valence-corrected chi connectivity index (χ4v) is 5.16. The van der Waals surface area contributed by atoms with E-state index in [1.54, 1.807) is 30.4 Å². The van der Waals surface area contributed by atoms with E-state index >= 15 is 0 Å². The lowest BCUT2D eigenvalue weighted by molar-refractivity contribution is 0.0526. The van der Waals surface area contributed by atoms with Crippen LogP contribution in [0.15, 0.2) is 60.7 Å². The summed E-state index contributed by atoms with van der Waals surface area (Å²) >= 11 is 14.0. The monoisotopic (exact) mass is 458 g/mol. The summed E-state index contributed by atoms with van der Waals surface area (Å²) in [7, 11) is 0. The van der Waals surface area contributed by atoms with Crippen LogP contribution in [0.25, 0.3) is 21.2 Å². The molecule has 0 N–H and O–H groups in total. The highest BCUT2D eigenvalue weighted by atomic mass is 35.5. The smallest absolute Gasteiger partial charge is 0.338 e. The molecule has 0 spiro atoms. The SMILES string of the molecule is CCOC(=O)c1cccc(-c2ccc(Cl)c3cc(Cc4cc(F)cc(Cl)c4)sc23)c1. The third-order valence-corrected chi connectivity index (χ3v) is 6.38. The van der Waals surface area contributed by atoms with Crippen molar-refractivity contribution in [2.75, 3.05) is 6.61 Å². The van der Waals surface area contributed by atoms with Crippen LogP contribution in [0, 0.1) is 5.82 Å². The lowest BCUT2D eigenvalue weighted by atomic mass is 10.0. The summed E-state index contributed by atoms with van der Waals surface area (Å²) in [6, 6.07) is 17.7. The number of hydrogen-bond donors (Lipinski definition) is 0. The second kappa shape index (κ2) is 8.76. The van der Waals surface area contributed by atoms with Crippen molar-refractivity contribution in [3.63, 3.8) is 0 Å². The summed E-state index contributed by atoms with van der Waals surface area (Å²) in [5.41, 5.74) is 3.19. The van der Waals surface area contributed by atoms with Crippen LogP contribution in [0.2, 0.25) is 10.0 Å². The van der Waals surface area contributed by atoms with E-state index in [0.717, 1.165) is 31.7 Å². The molecule has 3 aromatic carbocycles. The van der Waals surface area contributed by atoms with Crippen molar-refractivity contribution in [2.24, 2.45) is 0 Å². The van der Waals surface area contributed by atoms with Crippen molar-refractivity contribution in [1.82, 2.24) is 0 Å². The van der Waals surface area contributed by atoms with Crippen LogP contribution in [0.5, 0.6) is 0 Å². The van der Waals surface area contributed by atoms with E-state index < -0.39 is 0 Å². The normalized spacial score (nSPS) is 11.1. The zero-order chi connectivity index (χ0) is 21.3. The Morgan fingerprint density at radius 2 is 1.90 bits per heavy atom. The van der Waals surface area contributed by atoms with Crippen molar-refractivity contribution in [3.8, 4) is 11.1 Å². The van der Waals surface area contributed by atoms with Crippen LogP contribution in [-0.2, 0) is 11.2 Å². The number of ether oxygens (including phenoxy) is 1. The minimum Gasteiger partial charge on any atom is -0.462 e. The number of benzene rings is 3. The minimum atomic E-state index is -0.354. The Morgan fingerprint density at radius 1 is 1.07 bits per heavy atom. The van der Waals surface area contributed by atoms with E-state index in [9.17, 15) is 9.18 Å². The van der Waals surface area contributed by atoms with Gasteiger partial charge in [0.05, 0.1) is 12.2 Å². The van der Waals surface area contributed by atoms with E-state index in [0.29, 0.717) is 28.6 Å². The topological polar surface area (TPSA) is 26.3 Å². The van der Waals surface area contributed by atoms with Gasteiger partial charge in [-0.25, -0.2) is 9.18 Å². The molecule has 0 saturated carbocycles. The highest BCUT2D eigenvalue weighted by Crippen LogP contribution is 2.39. The maximum Gasteiger partial charge on any atom is 0.338 e. The van der Waals surface area contributed by atoms with Gasteiger partial charge in [-0.05, 0) is 66.1 Å². The molecule has 0 bridgehead atoms. The summed E-state index contributed by atoms with van der Waals surface area (Å²) in [6.45, 7) is 2.11. The molecule has 1 heterocycles. The van der Waals surface area contributed by atoms with Crippen molar-refractivity contribution >= 4 is 50.6 Å². The van der Waals surface area contributed by atoms with Crippen molar-refractivity contribution in [3.05, 3.63) is 92.5 Å². The van der Waals surface area contributed by atoms with E-state index in [4.69, 9.17) is 27.9 Å². The summed E-state index contributed by atoms with van der Waals surface area (Å²) < 4.78 is 19.8. The summed E-state index contributed by atoms with van der Waals surface area (Å²) in [5, 5.41) is 1.95. The van der Waals surface area contributed by atoms with E-state index in [1.807, 2.05) is 36.4 Å². The number of hydrogen-bond acceptors (Lipinski definition) is 3. The van der Waals surface area contributed by atoms with E-state index in [-0.39, 0.29) is 11.8 Å². The van der Waals surface area contributed by atoms with Crippen LogP contribution < -0.4 is 0 Å². The molecule has 1 aromatic heterocycles. The second-order valence-corrected chi connectivity index (χ2v) is 8.79. The Labute approximate surface area is 187 Å². The fourth-order valence-electron chi connectivity index (χ4n) is 3.40. The second-order valence-electron chi connectivity index (χ2n) is 6.81. The first-order valence-electron chi connectivity index (χ1n) is 9.38. The van der Waals surface area contributed by atoms with E-state index in [2.05, 4.69) is 0 Å². The van der Waals surface area contributed by atoms with Crippen molar-refractivity contribution < 1.29 is 13.9 Å². The molecule has 4 aromatic rings. The molecule has 0 aliphatic heterocycles. The highest BCUT2D eigenvalue weighted by Gasteiger charge is 2.14. The molecular weight excluding hydrogens is 442 g/mol. The van der Waals surface area contributed by atoms with Crippen LogP contribution in [0.3, 0.4) is 0 Å². The van der Waals surface area contributed by atoms with Gasteiger partial charge in [-0.3, -0.25) is 0 Å². The molecular formula is C24H17Cl2FO2S. The molecule has 0 saturated heterocycles. The Morgan fingerprint density at radius 3 is 2.67 bits per heavy atom. The van der Waals surface area contributed by atoms with Gasteiger partial charge in [-0.2, -0.15) is 0 Å².